The Kier molecular flexibility index (Phi) is 6.51. The number of aromatic nitrogens is 2. The van der Waals surface area contributed by atoms with E-state index in [4.69, 9.17) is 0 Å². The molecular weight excluding hydrogens is 356 g/mol. The van der Waals surface area contributed by atoms with Crippen LogP contribution in [0.5, 0.6) is 0 Å². The lowest BCUT2D eigenvalue weighted by molar-refractivity contribution is 0.251. The molecule has 0 spiro atoms. The summed E-state index contributed by atoms with van der Waals surface area (Å²) in [5, 5.41) is 11.0. The summed E-state index contributed by atoms with van der Waals surface area (Å²) in [5.74, 6) is 0. The predicted octanol–water partition coefficient (Wildman–Crippen LogP) is 3.12. The highest BCUT2D eigenvalue weighted by Gasteiger charge is 2.04. The fraction of sp³-hybridized carbons (Fsp3) is 0.100. The Balaban J connectivity index is 1.42. The number of benzene rings is 1. The van der Waals surface area contributed by atoms with Gasteiger partial charge in [0.1, 0.15) is 0 Å². The van der Waals surface area contributed by atoms with Crippen LogP contribution in [-0.4, -0.2) is 22.0 Å². The molecule has 0 aliphatic carbocycles. The molecule has 2 aromatic heterocycles. The van der Waals surface area contributed by atoms with Gasteiger partial charge in [-0.3, -0.25) is 9.97 Å². The number of hydrogen-bond donors (Lipinski definition) is 4. The minimum Gasteiger partial charge on any atom is -0.334 e. The van der Waals surface area contributed by atoms with Crippen LogP contribution >= 0.6 is 0 Å². The molecule has 4 N–H and O–H groups in total. The Morgan fingerprint density at radius 2 is 0.964 bits per heavy atom. The lowest BCUT2D eigenvalue weighted by Crippen LogP contribution is -2.28. The zero-order valence-electron chi connectivity index (χ0n) is 15.1. The van der Waals surface area contributed by atoms with E-state index in [9.17, 15) is 9.59 Å². The molecule has 8 nitrogen and oxygen atoms in total. The third-order valence-electron chi connectivity index (χ3n) is 3.81. The first-order valence-corrected chi connectivity index (χ1v) is 8.66. The van der Waals surface area contributed by atoms with E-state index in [2.05, 4.69) is 31.2 Å². The van der Waals surface area contributed by atoms with Crippen LogP contribution < -0.4 is 21.3 Å². The second-order valence-electron chi connectivity index (χ2n) is 5.90. The number of nitrogens with one attached hydrogen (secondary N) is 4. The van der Waals surface area contributed by atoms with Gasteiger partial charge in [0, 0.05) is 49.3 Å². The second kappa shape index (κ2) is 9.67. The Hall–Kier alpha value is -3.94. The summed E-state index contributed by atoms with van der Waals surface area (Å²) >= 11 is 0. The second-order valence-corrected chi connectivity index (χ2v) is 5.90. The van der Waals surface area contributed by atoms with Crippen molar-refractivity contribution in [3.63, 3.8) is 0 Å². The minimum atomic E-state index is -0.312. The molecule has 142 valence electrons. The molecule has 0 aliphatic rings. The van der Waals surface area contributed by atoms with Crippen LogP contribution in [0.15, 0.2) is 73.3 Å². The molecule has 0 atom stereocenters. The van der Waals surface area contributed by atoms with Crippen molar-refractivity contribution in [2.24, 2.45) is 0 Å². The van der Waals surface area contributed by atoms with Gasteiger partial charge in [0.05, 0.1) is 0 Å². The minimum absolute atomic E-state index is 0.312. The fourth-order valence-electron chi connectivity index (χ4n) is 2.35. The fourth-order valence-corrected chi connectivity index (χ4v) is 2.35. The van der Waals surface area contributed by atoms with E-state index >= 15 is 0 Å². The molecule has 0 bridgehead atoms. The first-order chi connectivity index (χ1) is 13.7. The van der Waals surface area contributed by atoms with Crippen LogP contribution in [0.25, 0.3) is 0 Å². The molecule has 3 rings (SSSR count). The van der Waals surface area contributed by atoms with Gasteiger partial charge in [0.25, 0.3) is 0 Å². The first kappa shape index (κ1) is 18.8. The van der Waals surface area contributed by atoms with E-state index < -0.39 is 0 Å². The lowest BCUT2D eigenvalue weighted by atomic mass is 10.2. The molecule has 4 amide bonds. The van der Waals surface area contributed by atoms with Crippen molar-refractivity contribution in [3.8, 4) is 0 Å². The molecule has 8 heteroatoms. The Labute approximate surface area is 162 Å². The molecular formula is C20H20N6O2. The van der Waals surface area contributed by atoms with Gasteiger partial charge >= 0.3 is 12.1 Å². The van der Waals surface area contributed by atoms with Crippen molar-refractivity contribution in [2.75, 3.05) is 10.6 Å². The normalized spacial score (nSPS) is 10.0. The topological polar surface area (TPSA) is 108 Å². The quantitative estimate of drug-likeness (QED) is 0.530. The van der Waals surface area contributed by atoms with E-state index in [0.717, 1.165) is 11.1 Å². The Morgan fingerprint density at radius 3 is 1.32 bits per heavy atom. The van der Waals surface area contributed by atoms with E-state index in [1.165, 1.54) is 0 Å². The molecule has 3 aromatic rings. The van der Waals surface area contributed by atoms with Crippen LogP contribution in [0.1, 0.15) is 11.1 Å². The monoisotopic (exact) mass is 376 g/mol. The highest BCUT2D eigenvalue weighted by molar-refractivity contribution is 5.91. The summed E-state index contributed by atoms with van der Waals surface area (Å²) in [6, 6.07) is 13.6. The number of pyridine rings is 2. The summed E-state index contributed by atoms with van der Waals surface area (Å²) < 4.78 is 0. The zero-order valence-corrected chi connectivity index (χ0v) is 15.1. The van der Waals surface area contributed by atoms with Gasteiger partial charge in [-0.05, 0) is 59.7 Å². The highest BCUT2D eigenvalue weighted by atomic mass is 16.2. The van der Waals surface area contributed by atoms with Gasteiger partial charge in [0.2, 0.25) is 0 Å². The summed E-state index contributed by atoms with van der Waals surface area (Å²) in [6.45, 7) is 0.817. The van der Waals surface area contributed by atoms with Crippen LogP contribution in [0, 0.1) is 0 Å². The molecule has 0 aliphatic heterocycles. The van der Waals surface area contributed by atoms with Gasteiger partial charge in [-0.2, -0.15) is 0 Å². The molecule has 0 fully saturated rings. The number of rotatable bonds is 6. The summed E-state index contributed by atoms with van der Waals surface area (Å²) in [7, 11) is 0. The van der Waals surface area contributed by atoms with Gasteiger partial charge in [-0.1, -0.05) is 0 Å². The lowest BCUT2D eigenvalue weighted by Gasteiger charge is -2.10. The van der Waals surface area contributed by atoms with Crippen LogP contribution in [0.3, 0.4) is 0 Å². The van der Waals surface area contributed by atoms with E-state index in [0.29, 0.717) is 24.5 Å². The van der Waals surface area contributed by atoms with Crippen molar-refractivity contribution in [2.45, 2.75) is 13.1 Å². The third-order valence-corrected chi connectivity index (χ3v) is 3.81. The average molecular weight is 376 g/mol. The van der Waals surface area contributed by atoms with E-state index in [1.807, 2.05) is 24.3 Å². The first-order valence-electron chi connectivity index (χ1n) is 8.66. The molecule has 1 aromatic carbocycles. The molecule has 2 heterocycles. The average Bonchev–Trinajstić information content (AvgIpc) is 2.74. The number of carbonyl (C=O) groups excluding carboxylic acids is 2. The van der Waals surface area contributed by atoms with Crippen LogP contribution in [-0.2, 0) is 13.1 Å². The zero-order chi connectivity index (χ0) is 19.6. The maximum Gasteiger partial charge on any atom is 0.319 e. The molecule has 0 saturated carbocycles. The van der Waals surface area contributed by atoms with Crippen molar-refractivity contribution < 1.29 is 9.59 Å². The maximum atomic E-state index is 11.9. The predicted molar refractivity (Wildman–Crippen MR) is 107 cm³/mol. The number of carbonyl (C=O) groups is 2. The number of hydrogen-bond acceptors (Lipinski definition) is 4. The summed E-state index contributed by atoms with van der Waals surface area (Å²) in [4.78, 5) is 31.8. The number of urea groups is 2. The molecule has 28 heavy (non-hydrogen) atoms. The van der Waals surface area contributed by atoms with E-state index in [-0.39, 0.29) is 12.1 Å². The largest absolute Gasteiger partial charge is 0.334 e. The highest BCUT2D eigenvalue weighted by Crippen LogP contribution is 2.13. The number of amides is 4. The SMILES string of the molecule is O=C(NCc1ccncc1)Nc1ccc(NC(=O)NCc2ccncc2)cc1. The van der Waals surface area contributed by atoms with Gasteiger partial charge in [-0.25, -0.2) is 9.59 Å². The molecule has 0 unspecified atom stereocenters. The van der Waals surface area contributed by atoms with Crippen molar-refractivity contribution in [3.05, 3.63) is 84.4 Å². The standard InChI is InChI=1S/C20H20N6O2/c27-19(23-13-15-5-9-21-10-6-15)25-17-1-2-18(4-3-17)26-20(28)24-14-16-7-11-22-12-8-16/h1-12H,13-14H2,(H2,23,25,27)(H2,24,26,28). The molecule has 0 radical (unpaired) electrons. The van der Waals surface area contributed by atoms with Gasteiger partial charge < -0.3 is 21.3 Å². The third kappa shape index (κ3) is 6.10. The van der Waals surface area contributed by atoms with E-state index in [1.54, 1.807) is 49.1 Å². The number of anilines is 2. The van der Waals surface area contributed by atoms with Gasteiger partial charge in [-0.15, -0.1) is 0 Å². The maximum absolute atomic E-state index is 11.9. The summed E-state index contributed by atoms with van der Waals surface area (Å²) in [5.41, 5.74) is 3.16. The smallest absolute Gasteiger partial charge is 0.319 e. The van der Waals surface area contributed by atoms with Crippen molar-refractivity contribution in [1.29, 1.82) is 0 Å². The van der Waals surface area contributed by atoms with Crippen LogP contribution in [0.2, 0.25) is 0 Å². The Bertz CT molecular complexity index is 824. The summed E-state index contributed by atoms with van der Waals surface area (Å²) in [6.07, 6.45) is 6.70. The van der Waals surface area contributed by atoms with Crippen LogP contribution in [0.4, 0.5) is 21.0 Å². The van der Waals surface area contributed by atoms with Crippen molar-refractivity contribution >= 4 is 23.4 Å². The number of nitrogens with zero attached hydrogens (tertiary/aromatic N) is 2. The van der Waals surface area contributed by atoms with Crippen molar-refractivity contribution in [1.82, 2.24) is 20.6 Å². The van der Waals surface area contributed by atoms with Gasteiger partial charge in [0.15, 0.2) is 0 Å². The molecule has 0 saturated heterocycles. The Morgan fingerprint density at radius 1 is 0.607 bits per heavy atom.